The van der Waals surface area contributed by atoms with Gasteiger partial charge in [0.2, 0.25) is 0 Å². The van der Waals surface area contributed by atoms with E-state index < -0.39 is 0 Å². The van der Waals surface area contributed by atoms with E-state index in [1.54, 1.807) is 0 Å². The fourth-order valence-corrected chi connectivity index (χ4v) is 2.91. The summed E-state index contributed by atoms with van der Waals surface area (Å²) >= 11 is 0. The van der Waals surface area contributed by atoms with Crippen LogP contribution >= 0.6 is 0 Å². The first-order valence-electron chi connectivity index (χ1n) is 8.08. The van der Waals surface area contributed by atoms with Crippen molar-refractivity contribution in [2.45, 2.75) is 13.5 Å². The standard InChI is InChI=1S/C21H22N2O/c1-16-13-17(15-22-2)21(24)20(14-16)23(18-9-5-3-6-10-18)19-11-7-4-8-12-19/h3-14,22,24H,15H2,1-2H3. The number of nitrogens with one attached hydrogen (secondary N) is 1. The minimum Gasteiger partial charge on any atom is -0.505 e. The van der Waals surface area contributed by atoms with Gasteiger partial charge in [0.1, 0.15) is 5.75 Å². The molecule has 0 atom stereocenters. The summed E-state index contributed by atoms with van der Waals surface area (Å²) in [4.78, 5) is 2.08. The third kappa shape index (κ3) is 3.26. The summed E-state index contributed by atoms with van der Waals surface area (Å²) in [5.41, 5.74) is 4.83. The van der Waals surface area contributed by atoms with Crippen LogP contribution in [0.15, 0.2) is 72.8 Å². The monoisotopic (exact) mass is 318 g/mol. The molecule has 0 aromatic heterocycles. The number of phenolic OH excluding ortho intramolecular Hbond substituents is 1. The number of hydrogen-bond donors (Lipinski definition) is 2. The fraction of sp³-hybridized carbons (Fsp3) is 0.143. The molecule has 0 aliphatic carbocycles. The second-order valence-electron chi connectivity index (χ2n) is 5.83. The quantitative estimate of drug-likeness (QED) is 0.703. The third-order valence-electron chi connectivity index (χ3n) is 3.95. The molecule has 0 saturated heterocycles. The number of anilines is 3. The number of aryl methyl sites for hydroxylation is 1. The van der Waals surface area contributed by atoms with Crippen LogP contribution in [0.1, 0.15) is 11.1 Å². The Labute approximate surface area is 143 Å². The Bertz CT molecular complexity index is 761. The normalized spacial score (nSPS) is 10.6. The number of rotatable bonds is 5. The van der Waals surface area contributed by atoms with Crippen molar-refractivity contribution in [2.75, 3.05) is 11.9 Å². The Morgan fingerprint density at radius 1 is 0.875 bits per heavy atom. The maximum absolute atomic E-state index is 10.9. The van der Waals surface area contributed by atoms with E-state index in [0.717, 1.165) is 28.2 Å². The topological polar surface area (TPSA) is 35.5 Å². The minimum atomic E-state index is 0.308. The van der Waals surface area contributed by atoms with E-state index in [1.165, 1.54) is 0 Å². The lowest BCUT2D eigenvalue weighted by atomic mass is 10.1. The zero-order valence-electron chi connectivity index (χ0n) is 14.0. The highest BCUT2D eigenvalue weighted by molar-refractivity contribution is 5.81. The van der Waals surface area contributed by atoms with Crippen LogP contribution in [0.5, 0.6) is 5.75 Å². The van der Waals surface area contributed by atoms with Crippen molar-refractivity contribution in [2.24, 2.45) is 0 Å². The molecule has 0 fully saturated rings. The molecule has 0 aliphatic heterocycles. The smallest absolute Gasteiger partial charge is 0.144 e. The maximum Gasteiger partial charge on any atom is 0.144 e. The summed E-state index contributed by atoms with van der Waals surface area (Å²) in [6.07, 6.45) is 0. The van der Waals surface area contributed by atoms with Gasteiger partial charge < -0.3 is 15.3 Å². The molecule has 122 valence electrons. The molecule has 0 saturated carbocycles. The van der Waals surface area contributed by atoms with Gasteiger partial charge in [-0.2, -0.15) is 0 Å². The summed E-state index contributed by atoms with van der Waals surface area (Å²) in [6, 6.07) is 24.2. The van der Waals surface area contributed by atoms with Gasteiger partial charge in [0.25, 0.3) is 0 Å². The lowest BCUT2D eigenvalue weighted by Gasteiger charge is -2.27. The van der Waals surface area contributed by atoms with E-state index in [4.69, 9.17) is 0 Å². The minimum absolute atomic E-state index is 0.308. The molecule has 3 nitrogen and oxygen atoms in total. The molecule has 0 radical (unpaired) electrons. The Morgan fingerprint density at radius 2 is 1.42 bits per heavy atom. The Balaban J connectivity index is 2.20. The summed E-state index contributed by atoms with van der Waals surface area (Å²) in [7, 11) is 1.88. The molecule has 3 aromatic rings. The summed E-state index contributed by atoms with van der Waals surface area (Å²) in [5.74, 6) is 0.308. The van der Waals surface area contributed by atoms with Crippen LogP contribution < -0.4 is 10.2 Å². The fourth-order valence-electron chi connectivity index (χ4n) is 2.91. The van der Waals surface area contributed by atoms with E-state index in [-0.39, 0.29) is 0 Å². The lowest BCUT2D eigenvalue weighted by Crippen LogP contribution is -2.12. The van der Waals surface area contributed by atoms with Crippen molar-refractivity contribution in [3.05, 3.63) is 83.9 Å². The third-order valence-corrected chi connectivity index (χ3v) is 3.95. The summed E-state index contributed by atoms with van der Waals surface area (Å²) < 4.78 is 0. The predicted octanol–water partition coefficient (Wildman–Crippen LogP) is 4.89. The van der Waals surface area contributed by atoms with Crippen LogP contribution in [-0.4, -0.2) is 12.2 Å². The molecule has 0 amide bonds. The molecule has 0 aliphatic rings. The lowest BCUT2D eigenvalue weighted by molar-refractivity contribution is 0.467. The van der Waals surface area contributed by atoms with Crippen LogP contribution in [0, 0.1) is 6.92 Å². The van der Waals surface area contributed by atoms with E-state index in [2.05, 4.69) is 17.1 Å². The van der Waals surface area contributed by atoms with Crippen LogP contribution in [0.25, 0.3) is 0 Å². The summed E-state index contributed by atoms with van der Waals surface area (Å²) in [5, 5.41) is 14.0. The van der Waals surface area contributed by atoms with Gasteiger partial charge >= 0.3 is 0 Å². The molecule has 2 N–H and O–H groups in total. The van der Waals surface area contributed by atoms with E-state index in [9.17, 15) is 5.11 Å². The van der Waals surface area contributed by atoms with Crippen LogP contribution in [0.2, 0.25) is 0 Å². The number of phenols is 1. The van der Waals surface area contributed by atoms with E-state index in [0.29, 0.717) is 12.3 Å². The van der Waals surface area contributed by atoms with Gasteiger partial charge in [0.05, 0.1) is 5.69 Å². The highest BCUT2D eigenvalue weighted by atomic mass is 16.3. The van der Waals surface area contributed by atoms with Crippen molar-refractivity contribution < 1.29 is 5.11 Å². The van der Waals surface area contributed by atoms with Crippen molar-refractivity contribution in [1.82, 2.24) is 5.32 Å². The molecule has 0 heterocycles. The van der Waals surface area contributed by atoms with Gasteiger partial charge in [-0.3, -0.25) is 0 Å². The zero-order valence-corrected chi connectivity index (χ0v) is 14.0. The molecule has 24 heavy (non-hydrogen) atoms. The SMILES string of the molecule is CNCc1cc(C)cc(N(c2ccccc2)c2ccccc2)c1O. The average Bonchev–Trinajstić information content (AvgIpc) is 2.61. The van der Waals surface area contributed by atoms with Gasteiger partial charge in [-0.1, -0.05) is 42.5 Å². The molecule has 0 unspecified atom stereocenters. The Kier molecular flexibility index (Phi) is 4.82. The van der Waals surface area contributed by atoms with Crippen LogP contribution in [0.4, 0.5) is 17.1 Å². The van der Waals surface area contributed by atoms with Crippen molar-refractivity contribution >= 4 is 17.1 Å². The number of aromatic hydroxyl groups is 1. The maximum atomic E-state index is 10.9. The van der Waals surface area contributed by atoms with Gasteiger partial charge in [0.15, 0.2) is 0 Å². The van der Waals surface area contributed by atoms with Crippen LogP contribution in [-0.2, 0) is 6.54 Å². The van der Waals surface area contributed by atoms with Crippen molar-refractivity contribution in [3.8, 4) is 5.75 Å². The van der Waals surface area contributed by atoms with Gasteiger partial charge in [-0.15, -0.1) is 0 Å². The molecule has 3 aromatic carbocycles. The highest BCUT2D eigenvalue weighted by Crippen LogP contribution is 2.41. The molecule has 3 heteroatoms. The molecule has 0 spiro atoms. The number of nitrogens with zero attached hydrogens (tertiary/aromatic N) is 1. The van der Waals surface area contributed by atoms with Crippen LogP contribution in [0.3, 0.4) is 0 Å². The summed E-state index contributed by atoms with van der Waals surface area (Å²) in [6.45, 7) is 2.67. The number of hydrogen-bond acceptors (Lipinski definition) is 3. The second kappa shape index (κ2) is 7.20. The van der Waals surface area contributed by atoms with Gasteiger partial charge in [-0.25, -0.2) is 0 Å². The Morgan fingerprint density at radius 3 is 1.92 bits per heavy atom. The number of para-hydroxylation sites is 2. The first-order valence-corrected chi connectivity index (χ1v) is 8.08. The van der Waals surface area contributed by atoms with Gasteiger partial charge in [0, 0.05) is 23.5 Å². The highest BCUT2D eigenvalue weighted by Gasteiger charge is 2.18. The van der Waals surface area contributed by atoms with Crippen molar-refractivity contribution in [1.29, 1.82) is 0 Å². The first-order chi connectivity index (χ1) is 11.7. The Hall–Kier alpha value is -2.78. The number of benzene rings is 3. The van der Waals surface area contributed by atoms with E-state index >= 15 is 0 Å². The predicted molar refractivity (Wildman–Crippen MR) is 100 cm³/mol. The first kappa shape index (κ1) is 16.1. The second-order valence-corrected chi connectivity index (χ2v) is 5.83. The molecular weight excluding hydrogens is 296 g/mol. The van der Waals surface area contributed by atoms with Crippen molar-refractivity contribution in [3.63, 3.8) is 0 Å². The zero-order chi connectivity index (χ0) is 16.9. The molecule has 0 bridgehead atoms. The van der Waals surface area contributed by atoms with E-state index in [1.807, 2.05) is 79.8 Å². The average molecular weight is 318 g/mol. The molecule has 3 rings (SSSR count). The largest absolute Gasteiger partial charge is 0.505 e. The molecular formula is C21H22N2O. The van der Waals surface area contributed by atoms with Gasteiger partial charge in [-0.05, 0) is 49.9 Å².